The Hall–Kier alpha value is -1.43. The number of hydrogen-bond acceptors (Lipinski definition) is 4. The van der Waals surface area contributed by atoms with Crippen molar-refractivity contribution in [2.45, 2.75) is 347 Å². The zero-order valence-electron chi connectivity index (χ0n) is 45.3. The fraction of sp³-hybridized carbons (Fsp3) is 0.887. The van der Waals surface area contributed by atoms with Crippen molar-refractivity contribution >= 4 is 5.91 Å². The van der Waals surface area contributed by atoms with Crippen LogP contribution < -0.4 is 5.32 Å². The van der Waals surface area contributed by atoms with E-state index in [1.807, 2.05) is 0 Å². The molecule has 4 N–H and O–H groups in total. The van der Waals surface area contributed by atoms with Gasteiger partial charge in [0.1, 0.15) is 6.10 Å². The van der Waals surface area contributed by atoms with Gasteiger partial charge in [0.15, 0.2) is 0 Å². The number of hydrogen-bond donors (Lipinski definition) is 4. The molecule has 0 aliphatic rings. The first-order valence-corrected chi connectivity index (χ1v) is 30.3. The summed E-state index contributed by atoms with van der Waals surface area (Å²) < 4.78 is 0. The number of rotatable bonds is 56. The lowest BCUT2D eigenvalue weighted by Gasteiger charge is -2.26. The van der Waals surface area contributed by atoms with Crippen molar-refractivity contribution in [2.24, 2.45) is 0 Å². The molecule has 0 saturated heterocycles. The molecular weight excluding hydrogens is 823 g/mol. The molecule has 0 saturated carbocycles. The first kappa shape index (κ1) is 65.6. The average Bonchev–Trinajstić information content (AvgIpc) is 3.33. The van der Waals surface area contributed by atoms with E-state index in [2.05, 4.69) is 55.6 Å². The van der Waals surface area contributed by atoms with Crippen molar-refractivity contribution < 1.29 is 20.1 Å². The van der Waals surface area contributed by atoms with Gasteiger partial charge in [-0.2, -0.15) is 0 Å². The molecule has 0 bridgehead atoms. The fourth-order valence-electron chi connectivity index (χ4n) is 9.55. The predicted molar refractivity (Wildman–Crippen MR) is 296 cm³/mol. The zero-order chi connectivity index (χ0) is 48.6. The molecule has 0 aromatic rings. The Labute approximate surface area is 419 Å². The van der Waals surface area contributed by atoms with Gasteiger partial charge in [-0.3, -0.25) is 4.79 Å². The van der Waals surface area contributed by atoms with E-state index in [1.165, 1.54) is 257 Å². The molecule has 3 atom stereocenters. The summed E-state index contributed by atoms with van der Waals surface area (Å²) in [6, 6.07) is -0.826. The molecule has 0 aliphatic carbocycles. The quantitative estimate of drug-likeness (QED) is 0.0361. The van der Waals surface area contributed by atoms with Gasteiger partial charge >= 0.3 is 0 Å². The Morgan fingerprint density at radius 1 is 0.373 bits per heavy atom. The van der Waals surface area contributed by atoms with Crippen molar-refractivity contribution in [2.75, 3.05) is 6.61 Å². The first-order valence-electron chi connectivity index (χ1n) is 30.3. The Kier molecular flexibility index (Phi) is 55.9. The molecule has 67 heavy (non-hydrogen) atoms. The summed E-state index contributed by atoms with van der Waals surface area (Å²) >= 11 is 0. The van der Waals surface area contributed by atoms with Crippen LogP contribution in [0.3, 0.4) is 0 Å². The second-order valence-corrected chi connectivity index (χ2v) is 20.9. The van der Waals surface area contributed by atoms with Crippen molar-refractivity contribution in [1.82, 2.24) is 5.32 Å². The number of unbranched alkanes of at least 4 members (excludes halogenated alkanes) is 42. The molecule has 5 heteroatoms. The third-order valence-electron chi connectivity index (χ3n) is 14.2. The van der Waals surface area contributed by atoms with Crippen molar-refractivity contribution in [3.63, 3.8) is 0 Å². The van der Waals surface area contributed by atoms with Crippen LogP contribution in [-0.2, 0) is 4.79 Å². The molecule has 5 nitrogen and oxygen atoms in total. The predicted octanol–water partition coefficient (Wildman–Crippen LogP) is 19.0. The van der Waals surface area contributed by atoms with Gasteiger partial charge in [-0.1, -0.05) is 288 Å². The smallest absolute Gasteiger partial charge is 0.220 e. The number of carbonyl (C=O) groups is 1. The lowest BCUT2D eigenvalue weighted by atomic mass is 10.0. The Morgan fingerprint density at radius 2 is 0.642 bits per heavy atom. The first-order chi connectivity index (χ1) is 33.1. The van der Waals surface area contributed by atoms with Gasteiger partial charge in [-0.15, -0.1) is 0 Å². The molecule has 0 rings (SSSR count). The summed E-state index contributed by atoms with van der Waals surface area (Å²) in [6.07, 6.45) is 74.7. The zero-order valence-corrected chi connectivity index (χ0v) is 45.3. The van der Waals surface area contributed by atoms with E-state index in [0.717, 1.165) is 44.9 Å². The minimum absolute atomic E-state index is 0.150. The maximum absolute atomic E-state index is 12.5. The van der Waals surface area contributed by atoms with Crippen LogP contribution in [0.5, 0.6) is 0 Å². The van der Waals surface area contributed by atoms with Gasteiger partial charge in [-0.25, -0.2) is 0 Å². The molecule has 0 aliphatic heterocycles. The molecule has 0 fully saturated rings. The van der Waals surface area contributed by atoms with E-state index in [1.54, 1.807) is 0 Å². The van der Waals surface area contributed by atoms with E-state index >= 15 is 0 Å². The number of nitrogens with one attached hydrogen (secondary N) is 1. The van der Waals surface area contributed by atoms with Crippen LogP contribution in [-0.4, -0.2) is 46.1 Å². The van der Waals surface area contributed by atoms with E-state index in [4.69, 9.17) is 0 Å². The van der Waals surface area contributed by atoms with E-state index in [-0.39, 0.29) is 12.5 Å². The lowest BCUT2D eigenvalue weighted by molar-refractivity contribution is -0.124. The molecule has 3 unspecified atom stereocenters. The highest BCUT2D eigenvalue weighted by atomic mass is 16.3. The normalized spacial score (nSPS) is 13.4. The number of aliphatic hydroxyl groups is 3. The van der Waals surface area contributed by atoms with Gasteiger partial charge in [-0.05, 0) is 70.6 Å². The van der Waals surface area contributed by atoms with Crippen molar-refractivity contribution in [1.29, 1.82) is 0 Å². The highest BCUT2D eigenvalue weighted by molar-refractivity contribution is 5.76. The number of carbonyl (C=O) groups excluding carboxylic acids is 1. The summed E-state index contributed by atoms with van der Waals surface area (Å²) in [6.45, 7) is 4.20. The van der Waals surface area contributed by atoms with Crippen LogP contribution >= 0.6 is 0 Å². The monoisotopic (exact) mass is 942 g/mol. The van der Waals surface area contributed by atoms with Crippen molar-refractivity contribution in [3.8, 4) is 0 Å². The number of aliphatic hydroxyl groups excluding tert-OH is 3. The molecule has 0 radical (unpaired) electrons. The SMILES string of the molecule is CCCCCCCCCCCCC/C=C/CCCC(O)C(O)C(CO)NC(=O)CCCCCCCCCCCCCCCCCCC/C=C\C/C=C\CCCCCCCCCCCCCCC. The lowest BCUT2D eigenvalue weighted by Crippen LogP contribution is -2.50. The van der Waals surface area contributed by atoms with E-state index < -0.39 is 18.2 Å². The standard InChI is InChI=1S/C62H119NO4/c1-3-5-7-9-11-13-15-17-19-21-22-23-24-25-26-27-28-29-30-31-32-33-34-35-36-37-38-39-40-41-43-45-47-49-51-53-55-57-61(66)63-59(58-64)62(67)60(65)56-54-52-50-48-46-44-42-20-18-16-14-12-10-8-6-4-2/h26-27,29-30,48,50,59-60,62,64-65,67H,3-25,28,31-47,49,51-58H2,1-2H3,(H,63,66)/b27-26-,30-29-,50-48+. The van der Waals surface area contributed by atoms with Crippen LogP contribution in [0.2, 0.25) is 0 Å². The van der Waals surface area contributed by atoms with E-state index in [9.17, 15) is 20.1 Å². The summed E-state index contributed by atoms with van der Waals surface area (Å²) in [5, 5.41) is 33.7. The molecule has 0 aromatic heterocycles. The number of allylic oxidation sites excluding steroid dienone is 6. The van der Waals surface area contributed by atoms with Crippen LogP contribution in [0.1, 0.15) is 328 Å². The van der Waals surface area contributed by atoms with Crippen LogP contribution in [0, 0.1) is 0 Å². The van der Waals surface area contributed by atoms with Crippen LogP contribution in [0.15, 0.2) is 36.5 Å². The third kappa shape index (κ3) is 52.2. The van der Waals surface area contributed by atoms with Gasteiger partial charge < -0.3 is 20.6 Å². The Bertz CT molecular complexity index is 1040. The second kappa shape index (κ2) is 57.2. The van der Waals surface area contributed by atoms with E-state index in [0.29, 0.717) is 12.8 Å². The van der Waals surface area contributed by atoms with Crippen molar-refractivity contribution in [3.05, 3.63) is 36.5 Å². The summed E-state index contributed by atoms with van der Waals surface area (Å²) in [4.78, 5) is 12.5. The summed E-state index contributed by atoms with van der Waals surface area (Å²) in [7, 11) is 0. The maximum Gasteiger partial charge on any atom is 0.220 e. The Balaban J connectivity index is 3.49. The molecule has 0 spiro atoms. The molecule has 0 heterocycles. The Morgan fingerprint density at radius 3 is 0.955 bits per heavy atom. The molecule has 396 valence electrons. The minimum Gasteiger partial charge on any atom is -0.394 e. The minimum atomic E-state index is -1.16. The van der Waals surface area contributed by atoms with Gasteiger partial charge in [0.2, 0.25) is 5.91 Å². The van der Waals surface area contributed by atoms with Gasteiger partial charge in [0, 0.05) is 6.42 Å². The number of amides is 1. The fourth-order valence-corrected chi connectivity index (χ4v) is 9.55. The van der Waals surface area contributed by atoms with Crippen LogP contribution in [0.4, 0.5) is 0 Å². The highest BCUT2D eigenvalue weighted by Crippen LogP contribution is 2.18. The molecule has 0 aromatic carbocycles. The maximum atomic E-state index is 12.5. The second-order valence-electron chi connectivity index (χ2n) is 20.9. The topological polar surface area (TPSA) is 89.8 Å². The molecular formula is C62H119NO4. The average molecular weight is 943 g/mol. The summed E-state index contributed by atoms with van der Waals surface area (Å²) in [5.41, 5.74) is 0. The van der Waals surface area contributed by atoms with Crippen LogP contribution in [0.25, 0.3) is 0 Å². The summed E-state index contributed by atoms with van der Waals surface area (Å²) in [5.74, 6) is -0.150. The highest BCUT2D eigenvalue weighted by Gasteiger charge is 2.26. The molecule has 1 amide bonds. The van der Waals surface area contributed by atoms with Gasteiger partial charge in [0.25, 0.3) is 0 Å². The third-order valence-corrected chi connectivity index (χ3v) is 14.2. The van der Waals surface area contributed by atoms with Gasteiger partial charge in [0.05, 0.1) is 18.8 Å². The largest absolute Gasteiger partial charge is 0.394 e.